The number of ether oxygens (including phenoxy) is 1. The maximum absolute atomic E-state index is 11.8. The molecule has 1 aromatic rings. The normalized spacial score (nSPS) is 10.7. The van der Waals surface area contributed by atoms with Crippen LogP contribution in [0, 0.1) is 11.8 Å². The Kier molecular flexibility index (Phi) is 25.4. The first-order chi connectivity index (χ1) is 18.6. The van der Waals surface area contributed by atoms with Crippen LogP contribution in [0.3, 0.4) is 0 Å². The molecule has 0 aromatic heterocycles. The van der Waals surface area contributed by atoms with Crippen molar-refractivity contribution in [2.45, 2.75) is 98.4 Å². The van der Waals surface area contributed by atoms with E-state index in [1.165, 1.54) is 0 Å². The number of aryl methyl sites for hydroxylation is 2. The van der Waals surface area contributed by atoms with Crippen molar-refractivity contribution in [2.24, 2.45) is 17.6 Å². The zero-order chi connectivity index (χ0) is 31.3. The third kappa shape index (κ3) is 24.3. The van der Waals surface area contributed by atoms with Crippen molar-refractivity contribution in [1.29, 1.82) is 0 Å². The number of carbonyl (C=O) groups excluding carboxylic acids is 1. The van der Waals surface area contributed by atoms with Crippen molar-refractivity contribution < 1.29 is 49.1 Å². The molecule has 0 radical (unpaired) electrons. The Morgan fingerprint density at radius 2 is 1.17 bits per heavy atom. The van der Waals surface area contributed by atoms with Gasteiger partial charge in [-0.1, -0.05) is 45.9 Å². The van der Waals surface area contributed by atoms with Gasteiger partial charge in [-0.25, -0.2) is 0 Å². The minimum atomic E-state index is -0.803. The Balaban J connectivity index is -0.000000927. The van der Waals surface area contributed by atoms with Crippen LogP contribution in [0.5, 0.6) is 0 Å². The van der Waals surface area contributed by atoms with Crippen LogP contribution < -0.4 is 5.73 Å². The number of carboxylic acid groups (broad SMARTS) is 4. The molecule has 12 heteroatoms. The maximum atomic E-state index is 11.8. The fourth-order valence-corrected chi connectivity index (χ4v) is 3.05. The highest BCUT2D eigenvalue weighted by Gasteiger charge is 2.16. The van der Waals surface area contributed by atoms with E-state index in [9.17, 15) is 24.0 Å². The number of aliphatic carboxylic acids is 4. The van der Waals surface area contributed by atoms with Gasteiger partial charge in [0.15, 0.2) is 0 Å². The van der Waals surface area contributed by atoms with Crippen molar-refractivity contribution in [3.8, 4) is 0 Å². The second-order valence-electron chi connectivity index (χ2n) is 9.85. The standard InChI is InChI=1S/C21H31NO6.2C4H8O2.ClH/c1-2-28-21(27)18(22)14-15-11-12-16(7-3-5-9-19(23)24)17(13-15)8-4-6-10-20(25)26;2*1-3(2)4(5)6;/h11-13,18H,2-10,14,22H2,1H3,(H,23,24)(H,25,26);2*3H,1-2H3,(H,5,6);1H/t18-;;;/m0.../s1. The predicted octanol–water partition coefficient (Wildman–Crippen LogP) is 4.59. The first kappa shape index (κ1) is 42.3. The fourth-order valence-electron chi connectivity index (χ4n) is 3.05. The van der Waals surface area contributed by atoms with Crippen molar-refractivity contribution in [3.05, 3.63) is 34.9 Å². The lowest BCUT2D eigenvalue weighted by molar-refractivity contribution is -0.145. The number of esters is 1. The Morgan fingerprint density at radius 1 is 0.756 bits per heavy atom. The van der Waals surface area contributed by atoms with Gasteiger partial charge in [-0.2, -0.15) is 0 Å². The van der Waals surface area contributed by atoms with Gasteiger partial charge in [0, 0.05) is 12.8 Å². The first-order valence-electron chi connectivity index (χ1n) is 13.5. The number of benzene rings is 1. The van der Waals surface area contributed by atoms with E-state index >= 15 is 0 Å². The molecular formula is C29H48ClNO10. The quantitative estimate of drug-likeness (QED) is 0.130. The molecule has 1 aromatic carbocycles. The summed E-state index contributed by atoms with van der Waals surface area (Å²) >= 11 is 0. The molecule has 0 aliphatic heterocycles. The average Bonchev–Trinajstić information content (AvgIpc) is 2.85. The van der Waals surface area contributed by atoms with Crippen LogP contribution >= 0.6 is 12.4 Å². The smallest absolute Gasteiger partial charge is 0.323 e. The highest BCUT2D eigenvalue weighted by atomic mass is 35.5. The first-order valence-corrected chi connectivity index (χ1v) is 13.5. The van der Waals surface area contributed by atoms with Crippen LogP contribution in [-0.2, 0) is 48.0 Å². The summed E-state index contributed by atoms with van der Waals surface area (Å²) in [5.74, 6) is -3.97. The Morgan fingerprint density at radius 3 is 1.54 bits per heavy atom. The van der Waals surface area contributed by atoms with E-state index in [0.29, 0.717) is 19.3 Å². The lowest BCUT2D eigenvalue weighted by atomic mass is 9.93. The highest BCUT2D eigenvalue weighted by Crippen LogP contribution is 2.19. The molecule has 0 fully saturated rings. The maximum Gasteiger partial charge on any atom is 0.323 e. The third-order valence-electron chi connectivity index (χ3n) is 5.48. The second-order valence-corrected chi connectivity index (χ2v) is 9.85. The molecule has 0 aliphatic carbocycles. The molecule has 0 saturated heterocycles. The topological polar surface area (TPSA) is 202 Å². The Labute approximate surface area is 248 Å². The van der Waals surface area contributed by atoms with Crippen LogP contribution in [0.25, 0.3) is 0 Å². The molecule has 0 aliphatic rings. The number of nitrogens with two attached hydrogens (primary N) is 1. The van der Waals surface area contributed by atoms with E-state index < -0.39 is 35.9 Å². The van der Waals surface area contributed by atoms with Gasteiger partial charge >= 0.3 is 29.8 Å². The van der Waals surface area contributed by atoms with E-state index in [2.05, 4.69) is 0 Å². The molecule has 1 rings (SSSR count). The number of hydrogen-bond donors (Lipinski definition) is 5. The van der Waals surface area contributed by atoms with Gasteiger partial charge in [0.05, 0.1) is 18.4 Å². The Bertz CT molecular complexity index is 916. The SMILES string of the molecule is CC(C)C(=O)O.CC(C)C(=O)O.CCOC(=O)[C@@H](N)Cc1ccc(CCCCC(=O)O)c(CCCCC(=O)O)c1.Cl. The monoisotopic (exact) mass is 605 g/mol. The van der Waals surface area contributed by atoms with Gasteiger partial charge in [-0.05, 0) is 68.6 Å². The van der Waals surface area contributed by atoms with E-state index in [1.54, 1.807) is 34.6 Å². The van der Waals surface area contributed by atoms with Gasteiger partial charge in [0.25, 0.3) is 0 Å². The summed E-state index contributed by atoms with van der Waals surface area (Å²) in [5.41, 5.74) is 9.08. The van der Waals surface area contributed by atoms with Gasteiger partial charge in [0.1, 0.15) is 6.04 Å². The van der Waals surface area contributed by atoms with E-state index in [1.807, 2.05) is 18.2 Å². The number of hydrogen-bond acceptors (Lipinski definition) is 7. The molecule has 6 N–H and O–H groups in total. The minimum absolute atomic E-state index is 0. The number of carboxylic acids is 4. The van der Waals surface area contributed by atoms with Crippen LogP contribution in [0.1, 0.15) is 89.8 Å². The predicted molar refractivity (Wildman–Crippen MR) is 157 cm³/mol. The molecule has 0 bridgehead atoms. The second kappa shape index (κ2) is 24.6. The van der Waals surface area contributed by atoms with Crippen molar-refractivity contribution in [3.63, 3.8) is 0 Å². The lowest BCUT2D eigenvalue weighted by Crippen LogP contribution is -2.34. The molecule has 0 saturated carbocycles. The van der Waals surface area contributed by atoms with Crippen LogP contribution in [0.15, 0.2) is 18.2 Å². The fraction of sp³-hybridized carbons (Fsp3) is 0.621. The number of halogens is 1. The summed E-state index contributed by atoms with van der Waals surface area (Å²) in [7, 11) is 0. The summed E-state index contributed by atoms with van der Waals surface area (Å²) in [6, 6.07) is 5.24. The minimum Gasteiger partial charge on any atom is -0.481 e. The zero-order valence-corrected chi connectivity index (χ0v) is 25.6. The van der Waals surface area contributed by atoms with Crippen molar-refractivity contribution >= 4 is 42.3 Å². The molecule has 236 valence electrons. The van der Waals surface area contributed by atoms with E-state index in [0.717, 1.165) is 42.4 Å². The molecule has 0 heterocycles. The zero-order valence-electron chi connectivity index (χ0n) is 24.8. The van der Waals surface area contributed by atoms with E-state index in [-0.39, 0.29) is 43.7 Å². The summed E-state index contributed by atoms with van der Waals surface area (Å²) in [5, 5.41) is 33.5. The van der Waals surface area contributed by atoms with Gasteiger partial charge < -0.3 is 30.9 Å². The molecule has 41 heavy (non-hydrogen) atoms. The molecular weight excluding hydrogens is 558 g/mol. The van der Waals surface area contributed by atoms with Gasteiger partial charge in [0.2, 0.25) is 0 Å². The van der Waals surface area contributed by atoms with Crippen LogP contribution in [-0.4, -0.2) is 62.9 Å². The van der Waals surface area contributed by atoms with Crippen LogP contribution in [0.4, 0.5) is 0 Å². The summed E-state index contributed by atoms with van der Waals surface area (Å²) < 4.78 is 4.95. The molecule has 1 atom stereocenters. The largest absolute Gasteiger partial charge is 0.481 e. The van der Waals surface area contributed by atoms with E-state index in [4.69, 9.17) is 30.9 Å². The number of rotatable bonds is 16. The molecule has 0 amide bonds. The van der Waals surface area contributed by atoms with Crippen LogP contribution in [0.2, 0.25) is 0 Å². The Hall–Kier alpha value is -3.18. The molecule has 0 unspecified atom stereocenters. The summed E-state index contributed by atoms with van der Waals surface area (Å²) in [6.07, 6.45) is 4.92. The average molecular weight is 606 g/mol. The third-order valence-corrected chi connectivity index (χ3v) is 5.48. The van der Waals surface area contributed by atoms with Crippen molar-refractivity contribution in [1.82, 2.24) is 0 Å². The number of carbonyl (C=O) groups is 5. The number of unbranched alkanes of at least 4 members (excludes halogenated alkanes) is 2. The molecule has 0 spiro atoms. The van der Waals surface area contributed by atoms with Gasteiger partial charge in [-0.15, -0.1) is 12.4 Å². The highest BCUT2D eigenvalue weighted by molar-refractivity contribution is 5.85. The van der Waals surface area contributed by atoms with Crippen molar-refractivity contribution in [2.75, 3.05) is 6.61 Å². The van der Waals surface area contributed by atoms with Gasteiger partial charge in [-0.3, -0.25) is 24.0 Å². The molecule has 11 nitrogen and oxygen atoms in total. The lowest BCUT2D eigenvalue weighted by Gasteiger charge is -2.14. The summed E-state index contributed by atoms with van der Waals surface area (Å²) in [4.78, 5) is 52.5. The summed E-state index contributed by atoms with van der Waals surface area (Å²) in [6.45, 7) is 8.59.